The molecule has 0 saturated carbocycles. The number of benzene rings is 2. The fraction of sp³-hybridized carbons (Fsp3) is 0.364. The van der Waals surface area contributed by atoms with Gasteiger partial charge in [0.2, 0.25) is 5.91 Å². The van der Waals surface area contributed by atoms with E-state index in [0.29, 0.717) is 34.0 Å². The van der Waals surface area contributed by atoms with Crippen LogP contribution in [0.25, 0.3) is 0 Å². The number of rotatable bonds is 6. The van der Waals surface area contributed by atoms with Crippen LogP contribution in [0.4, 0.5) is 10.1 Å². The first-order valence-electron chi connectivity index (χ1n) is 9.55. The van der Waals surface area contributed by atoms with E-state index in [2.05, 4.69) is 5.32 Å². The maximum absolute atomic E-state index is 13.8. The van der Waals surface area contributed by atoms with Gasteiger partial charge in [0.1, 0.15) is 11.9 Å². The summed E-state index contributed by atoms with van der Waals surface area (Å²) in [6, 6.07) is 11.1. The largest absolute Gasteiger partial charge is 0.380 e. The van der Waals surface area contributed by atoms with Crippen molar-refractivity contribution in [2.45, 2.75) is 51.2 Å². The Morgan fingerprint density at radius 2 is 2.03 bits per heavy atom. The van der Waals surface area contributed by atoms with Crippen molar-refractivity contribution in [3.05, 3.63) is 63.4 Å². The highest BCUT2D eigenvalue weighted by Crippen LogP contribution is 2.31. The summed E-state index contributed by atoms with van der Waals surface area (Å²) in [6.45, 7) is 4.05. The summed E-state index contributed by atoms with van der Waals surface area (Å²) >= 11 is 12.4. The summed E-state index contributed by atoms with van der Waals surface area (Å²) in [6.07, 6.45) is 1.57. The highest BCUT2D eigenvalue weighted by molar-refractivity contribution is 6.32. The number of hydrogen-bond acceptors (Lipinski definition) is 3. The zero-order chi connectivity index (χ0) is 21.1. The summed E-state index contributed by atoms with van der Waals surface area (Å²) in [5.74, 6) is -0.304. The minimum absolute atomic E-state index is 0.0501. The molecule has 29 heavy (non-hydrogen) atoms. The first kappa shape index (κ1) is 21.4. The van der Waals surface area contributed by atoms with Gasteiger partial charge in [-0.1, -0.05) is 30.1 Å². The van der Waals surface area contributed by atoms with Crippen LogP contribution < -0.4 is 5.32 Å². The number of carbonyl (C=O) groups excluding carboxylic acids is 1. The lowest BCUT2D eigenvalue weighted by molar-refractivity contribution is -0.130. The minimum atomic E-state index is -0.354. The smallest absolute Gasteiger partial charge is 0.225 e. The topological polar surface area (TPSA) is 56.1 Å². The Morgan fingerprint density at radius 1 is 1.28 bits per heavy atom. The fourth-order valence-electron chi connectivity index (χ4n) is 3.80. The molecule has 1 fully saturated rings. The quantitative estimate of drug-likeness (QED) is 0.660. The van der Waals surface area contributed by atoms with Crippen molar-refractivity contribution >= 4 is 34.8 Å². The molecule has 3 atom stereocenters. The molecule has 1 saturated heterocycles. The normalized spacial score (nSPS) is 19.9. The standard InChI is InChI=1S/C22H22Cl2FN3O/c1-3-13(2)28-21(9-15-8-16(25)5-7-18(15)23)20(11-22(28)29)27-17-6-4-14(12-26)19(24)10-17/h4-8,10,13,20-21,27H,3,9,11H2,1-2H3/t13?,20-,21?/m0/s1. The third-order valence-electron chi connectivity index (χ3n) is 5.45. The molecule has 152 valence electrons. The molecular weight excluding hydrogens is 412 g/mol. The van der Waals surface area contributed by atoms with Gasteiger partial charge >= 0.3 is 0 Å². The van der Waals surface area contributed by atoms with Gasteiger partial charge < -0.3 is 10.2 Å². The van der Waals surface area contributed by atoms with Crippen molar-refractivity contribution in [3.63, 3.8) is 0 Å². The Balaban J connectivity index is 1.91. The molecule has 1 heterocycles. The molecular formula is C22H22Cl2FN3O. The van der Waals surface area contributed by atoms with Gasteiger partial charge in [0.25, 0.3) is 0 Å². The van der Waals surface area contributed by atoms with Crippen molar-refractivity contribution in [3.8, 4) is 6.07 Å². The van der Waals surface area contributed by atoms with Crippen molar-refractivity contribution in [1.82, 2.24) is 4.90 Å². The number of nitrogens with zero attached hydrogens (tertiary/aromatic N) is 2. The van der Waals surface area contributed by atoms with Crippen molar-refractivity contribution in [1.29, 1.82) is 5.26 Å². The Hall–Kier alpha value is -2.29. The molecule has 1 N–H and O–H groups in total. The van der Waals surface area contributed by atoms with E-state index in [0.717, 1.165) is 12.1 Å². The third-order valence-corrected chi connectivity index (χ3v) is 6.13. The molecule has 0 bridgehead atoms. The minimum Gasteiger partial charge on any atom is -0.380 e. The molecule has 0 aliphatic carbocycles. The number of halogens is 3. The average Bonchev–Trinajstić information content (AvgIpc) is 2.99. The fourth-order valence-corrected chi connectivity index (χ4v) is 4.22. The zero-order valence-corrected chi connectivity index (χ0v) is 17.8. The van der Waals surface area contributed by atoms with Gasteiger partial charge in [-0.05, 0) is 61.7 Å². The number of nitriles is 1. The molecule has 1 aliphatic rings. The van der Waals surface area contributed by atoms with Gasteiger partial charge in [0, 0.05) is 23.2 Å². The summed E-state index contributed by atoms with van der Waals surface area (Å²) in [7, 11) is 0. The maximum Gasteiger partial charge on any atom is 0.225 e. The van der Waals surface area contributed by atoms with Gasteiger partial charge in [-0.3, -0.25) is 4.79 Å². The van der Waals surface area contributed by atoms with Gasteiger partial charge in [-0.15, -0.1) is 0 Å². The molecule has 2 aromatic carbocycles. The van der Waals surface area contributed by atoms with E-state index in [9.17, 15) is 9.18 Å². The number of likely N-dealkylation sites (tertiary alicyclic amines) is 1. The van der Waals surface area contributed by atoms with E-state index in [4.69, 9.17) is 28.5 Å². The van der Waals surface area contributed by atoms with Crippen LogP contribution in [0, 0.1) is 17.1 Å². The van der Waals surface area contributed by atoms with Gasteiger partial charge in [-0.25, -0.2) is 4.39 Å². The Labute approximate surface area is 180 Å². The molecule has 1 aliphatic heterocycles. The van der Waals surface area contributed by atoms with Crippen molar-refractivity contribution < 1.29 is 9.18 Å². The van der Waals surface area contributed by atoms with E-state index in [1.165, 1.54) is 12.1 Å². The van der Waals surface area contributed by atoms with Crippen LogP contribution in [-0.4, -0.2) is 28.9 Å². The van der Waals surface area contributed by atoms with E-state index in [1.807, 2.05) is 24.8 Å². The maximum atomic E-state index is 13.8. The lowest BCUT2D eigenvalue weighted by Crippen LogP contribution is -2.45. The van der Waals surface area contributed by atoms with E-state index in [1.54, 1.807) is 24.3 Å². The Morgan fingerprint density at radius 3 is 2.69 bits per heavy atom. The zero-order valence-electron chi connectivity index (χ0n) is 16.3. The van der Waals surface area contributed by atoms with Crippen LogP contribution in [0.5, 0.6) is 0 Å². The summed E-state index contributed by atoms with van der Waals surface area (Å²) in [5, 5.41) is 13.3. The van der Waals surface area contributed by atoms with Crippen LogP contribution in [0.15, 0.2) is 36.4 Å². The van der Waals surface area contributed by atoms with E-state index >= 15 is 0 Å². The lowest BCUT2D eigenvalue weighted by Gasteiger charge is -2.33. The molecule has 0 radical (unpaired) electrons. The second-order valence-electron chi connectivity index (χ2n) is 7.33. The Bertz CT molecular complexity index is 960. The lowest BCUT2D eigenvalue weighted by atomic mass is 9.98. The van der Waals surface area contributed by atoms with Crippen LogP contribution in [0.2, 0.25) is 10.0 Å². The van der Waals surface area contributed by atoms with Crippen LogP contribution in [0.3, 0.4) is 0 Å². The third kappa shape index (κ3) is 4.66. The van der Waals surface area contributed by atoms with Gasteiger partial charge in [-0.2, -0.15) is 5.26 Å². The van der Waals surface area contributed by atoms with Crippen molar-refractivity contribution in [2.75, 3.05) is 5.32 Å². The van der Waals surface area contributed by atoms with Crippen molar-refractivity contribution in [2.24, 2.45) is 0 Å². The summed E-state index contributed by atoms with van der Waals surface area (Å²) < 4.78 is 13.8. The molecule has 2 unspecified atom stereocenters. The highest BCUT2D eigenvalue weighted by atomic mass is 35.5. The summed E-state index contributed by atoms with van der Waals surface area (Å²) in [5.41, 5.74) is 1.79. The summed E-state index contributed by atoms with van der Waals surface area (Å²) in [4.78, 5) is 14.7. The number of amides is 1. The second-order valence-corrected chi connectivity index (χ2v) is 8.14. The van der Waals surface area contributed by atoms with Crippen LogP contribution in [-0.2, 0) is 11.2 Å². The predicted octanol–water partition coefficient (Wildman–Crippen LogP) is 5.43. The number of hydrogen-bond donors (Lipinski definition) is 1. The van der Waals surface area contributed by atoms with Gasteiger partial charge in [0.15, 0.2) is 0 Å². The first-order chi connectivity index (χ1) is 13.8. The molecule has 7 heteroatoms. The molecule has 1 amide bonds. The van der Waals surface area contributed by atoms with Crippen LogP contribution in [0.1, 0.15) is 37.8 Å². The predicted molar refractivity (Wildman–Crippen MR) is 114 cm³/mol. The second kappa shape index (κ2) is 9.02. The molecule has 4 nitrogen and oxygen atoms in total. The molecule has 3 rings (SSSR count). The average molecular weight is 434 g/mol. The van der Waals surface area contributed by atoms with Crippen LogP contribution >= 0.6 is 23.2 Å². The first-order valence-corrected chi connectivity index (χ1v) is 10.3. The van der Waals surface area contributed by atoms with Gasteiger partial charge in [0.05, 0.1) is 22.7 Å². The SMILES string of the molecule is CCC(C)N1C(=O)C[C@H](Nc2ccc(C#N)c(Cl)c2)C1Cc1cc(F)ccc1Cl. The van der Waals surface area contributed by atoms with E-state index < -0.39 is 0 Å². The monoisotopic (exact) mass is 433 g/mol. The number of carbonyl (C=O) groups is 1. The highest BCUT2D eigenvalue weighted by Gasteiger charge is 2.41. The molecule has 0 aromatic heterocycles. The van der Waals surface area contributed by atoms with E-state index in [-0.39, 0.29) is 29.8 Å². The number of anilines is 1. The Kier molecular flexibility index (Phi) is 6.66. The number of nitrogens with one attached hydrogen (secondary N) is 1. The molecule has 2 aromatic rings. The molecule has 0 spiro atoms.